The van der Waals surface area contributed by atoms with Crippen LogP contribution in [0.1, 0.15) is 11.4 Å². The first-order valence-corrected chi connectivity index (χ1v) is 6.21. The summed E-state index contributed by atoms with van der Waals surface area (Å²) in [6, 6.07) is 8.31. The molecule has 0 aliphatic heterocycles. The van der Waals surface area contributed by atoms with Gasteiger partial charge in [0.1, 0.15) is 0 Å². The van der Waals surface area contributed by atoms with E-state index in [-0.39, 0.29) is 0 Å². The van der Waals surface area contributed by atoms with Gasteiger partial charge in [-0.25, -0.2) is 0 Å². The third-order valence-corrected chi connectivity index (χ3v) is 3.02. The van der Waals surface area contributed by atoms with E-state index in [2.05, 4.69) is 38.6 Å². The summed E-state index contributed by atoms with van der Waals surface area (Å²) in [6.07, 6.45) is 5.83. The molecule has 0 unspecified atom stereocenters. The first-order valence-electron chi connectivity index (χ1n) is 6.21. The summed E-state index contributed by atoms with van der Waals surface area (Å²) in [4.78, 5) is 8.12. The second-order valence-electron chi connectivity index (χ2n) is 4.29. The van der Waals surface area contributed by atoms with E-state index in [1.807, 2.05) is 18.5 Å². The molecule has 0 atom stereocenters. The van der Waals surface area contributed by atoms with Crippen LogP contribution in [0.2, 0.25) is 0 Å². The van der Waals surface area contributed by atoms with Crippen LogP contribution in [0.15, 0.2) is 47.6 Å². The molecule has 1 N–H and O–H groups in total. The van der Waals surface area contributed by atoms with E-state index in [4.69, 9.17) is 4.52 Å². The maximum Gasteiger partial charge on any atom is 0.213 e. The molecule has 0 saturated heterocycles. The van der Waals surface area contributed by atoms with Crippen molar-refractivity contribution in [2.45, 2.75) is 13.0 Å². The van der Waals surface area contributed by atoms with Crippen LogP contribution < -0.4 is 5.32 Å². The molecule has 0 aliphatic rings. The first-order chi connectivity index (χ1) is 9.43. The fourth-order valence-electron chi connectivity index (χ4n) is 2.07. The van der Waals surface area contributed by atoms with Gasteiger partial charge in [0.05, 0.1) is 0 Å². The lowest BCUT2D eigenvalue weighted by molar-refractivity contribution is 0.409. The molecule has 5 heteroatoms. The van der Waals surface area contributed by atoms with Crippen molar-refractivity contribution in [3.63, 3.8) is 0 Å². The van der Waals surface area contributed by atoms with Gasteiger partial charge in [-0.3, -0.25) is 4.98 Å². The highest BCUT2D eigenvalue weighted by Gasteiger charge is 2.01. The van der Waals surface area contributed by atoms with Crippen LogP contribution in [0.4, 0.5) is 0 Å². The van der Waals surface area contributed by atoms with E-state index >= 15 is 0 Å². The molecule has 0 bridgehead atoms. The van der Waals surface area contributed by atoms with E-state index in [0.29, 0.717) is 0 Å². The number of rotatable bonds is 5. The van der Waals surface area contributed by atoms with Gasteiger partial charge in [-0.15, -0.1) is 0 Å². The van der Waals surface area contributed by atoms with Crippen LogP contribution >= 0.6 is 0 Å². The number of hydrogen-bond donors (Lipinski definition) is 1. The lowest BCUT2D eigenvalue weighted by Crippen LogP contribution is -2.17. The molecule has 0 spiro atoms. The Bertz CT molecular complexity index is 646. The number of nitrogens with zero attached hydrogens (tertiary/aromatic N) is 3. The number of nitrogens with one attached hydrogen (secondary N) is 1. The molecule has 2 aromatic heterocycles. The molecule has 5 nitrogen and oxygen atoms in total. The molecule has 3 rings (SSSR count). The van der Waals surface area contributed by atoms with Crippen molar-refractivity contribution >= 4 is 10.8 Å². The number of pyridine rings is 1. The SMILES string of the molecule is c1cc(CNCCc2ncon2)c2ccncc2c1. The minimum Gasteiger partial charge on any atom is -0.343 e. The van der Waals surface area contributed by atoms with Crippen molar-refractivity contribution in [1.29, 1.82) is 0 Å². The molecule has 1 aromatic carbocycles. The Labute approximate surface area is 110 Å². The molecular formula is C14H14N4O. The zero-order valence-electron chi connectivity index (χ0n) is 10.4. The molecule has 0 aliphatic carbocycles. The summed E-state index contributed by atoms with van der Waals surface area (Å²) in [6.45, 7) is 1.64. The van der Waals surface area contributed by atoms with E-state index in [9.17, 15) is 0 Å². The van der Waals surface area contributed by atoms with Gasteiger partial charge in [-0.05, 0) is 17.0 Å². The third kappa shape index (κ3) is 2.77. The van der Waals surface area contributed by atoms with Crippen LogP contribution in [-0.4, -0.2) is 21.7 Å². The zero-order chi connectivity index (χ0) is 12.9. The van der Waals surface area contributed by atoms with Crippen LogP contribution in [0.5, 0.6) is 0 Å². The van der Waals surface area contributed by atoms with Crippen molar-refractivity contribution in [2.24, 2.45) is 0 Å². The standard InChI is InChI=1S/C14H14N4O/c1-2-11-8-15-6-4-13(11)12(3-1)9-16-7-5-14-17-10-19-18-14/h1-4,6,8,10,16H,5,7,9H2. The van der Waals surface area contributed by atoms with Crippen molar-refractivity contribution < 1.29 is 4.52 Å². The quantitative estimate of drug-likeness (QED) is 0.705. The minimum atomic E-state index is 0.731. The lowest BCUT2D eigenvalue weighted by atomic mass is 10.1. The minimum absolute atomic E-state index is 0.731. The van der Waals surface area contributed by atoms with Crippen molar-refractivity contribution in [2.75, 3.05) is 6.54 Å². The summed E-state index contributed by atoms with van der Waals surface area (Å²) in [7, 11) is 0. The average Bonchev–Trinajstić information content (AvgIpc) is 2.97. The Morgan fingerprint density at radius 3 is 3.11 bits per heavy atom. The number of fused-ring (bicyclic) bond motifs is 1. The summed E-state index contributed by atoms with van der Waals surface area (Å²) < 4.78 is 4.69. The molecule has 0 amide bonds. The molecule has 0 fully saturated rings. The Kier molecular flexibility index (Phi) is 3.47. The molecule has 3 aromatic rings. The van der Waals surface area contributed by atoms with Gasteiger partial charge in [0.25, 0.3) is 0 Å². The van der Waals surface area contributed by atoms with Gasteiger partial charge < -0.3 is 9.84 Å². The van der Waals surface area contributed by atoms with Crippen molar-refractivity contribution in [3.05, 3.63) is 54.4 Å². The summed E-state index contributed by atoms with van der Waals surface area (Å²) in [5, 5.41) is 9.57. The molecule has 0 saturated carbocycles. The first kappa shape index (κ1) is 11.8. The Hall–Kier alpha value is -2.27. The maximum atomic E-state index is 4.69. The van der Waals surface area contributed by atoms with E-state index in [1.165, 1.54) is 22.7 Å². The average molecular weight is 254 g/mol. The van der Waals surface area contributed by atoms with Gasteiger partial charge in [-0.1, -0.05) is 23.4 Å². The number of hydrogen-bond acceptors (Lipinski definition) is 5. The van der Waals surface area contributed by atoms with Gasteiger partial charge in [-0.2, -0.15) is 4.98 Å². The van der Waals surface area contributed by atoms with Crippen LogP contribution in [0, 0.1) is 0 Å². The second-order valence-corrected chi connectivity index (χ2v) is 4.29. The fourth-order valence-corrected chi connectivity index (χ4v) is 2.07. The third-order valence-electron chi connectivity index (χ3n) is 3.02. The topological polar surface area (TPSA) is 63.8 Å². The molecule has 19 heavy (non-hydrogen) atoms. The van der Waals surface area contributed by atoms with E-state index in [1.54, 1.807) is 0 Å². The van der Waals surface area contributed by atoms with Crippen LogP contribution in [0.25, 0.3) is 10.8 Å². The van der Waals surface area contributed by atoms with Crippen LogP contribution in [0.3, 0.4) is 0 Å². The molecule has 96 valence electrons. The van der Waals surface area contributed by atoms with Gasteiger partial charge in [0.2, 0.25) is 6.39 Å². The lowest BCUT2D eigenvalue weighted by Gasteiger charge is -2.07. The summed E-state index contributed by atoms with van der Waals surface area (Å²) >= 11 is 0. The Balaban J connectivity index is 1.62. The van der Waals surface area contributed by atoms with Gasteiger partial charge in [0.15, 0.2) is 5.82 Å². The smallest absolute Gasteiger partial charge is 0.213 e. The van der Waals surface area contributed by atoms with E-state index < -0.39 is 0 Å². The predicted octanol–water partition coefficient (Wildman–Crippen LogP) is 1.95. The fraction of sp³-hybridized carbons (Fsp3) is 0.214. The number of aromatic nitrogens is 3. The zero-order valence-corrected chi connectivity index (χ0v) is 10.4. The highest BCUT2D eigenvalue weighted by atomic mass is 16.5. The van der Waals surface area contributed by atoms with E-state index in [0.717, 1.165) is 25.3 Å². The Morgan fingerprint density at radius 2 is 2.21 bits per heavy atom. The summed E-state index contributed by atoms with van der Waals surface area (Å²) in [5.74, 6) is 0.731. The molecular weight excluding hydrogens is 240 g/mol. The molecule has 2 heterocycles. The number of benzene rings is 1. The highest BCUT2D eigenvalue weighted by Crippen LogP contribution is 2.16. The Morgan fingerprint density at radius 1 is 1.21 bits per heavy atom. The normalized spacial score (nSPS) is 10.9. The maximum absolute atomic E-state index is 4.69. The van der Waals surface area contributed by atoms with Crippen molar-refractivity contribution in [3.8, 4) is 0 Å². The second kappa shape index (κ2) is 5.58. The van der Waals surface area contributed by atoms with Gasteiger partial charge >= 0.3 is 0 Å². The van der Waals surface area contributed by atoms with Crippen molar-refractivity contribution in [1.82, 2.24) is 20.4 Å². The summed E-state index contributed by atoms with van der Waals surface area (Å²) in [5.41, 5.74) is 1.27. The largest absolute Gasteiger partial charge is 0.343 e. The predicted molar refractivity (Wildman–Crippen MR) is 71.5 cm³/mol. The highest BCUT2D eigenvalue weighted by molar-refractivity contribution is 5.84. The molecule has 0 radical (unpaired) electrons. The van der Waals surface area contributed by atoms with Gasteiger partial charge in [0, 0.05) is 37.3 Å². The monoisotopic (exact) mass is 254 g/mol. The van der Waals surface area contributed by atoms with Crippen LogP contribution in [-0.2, 0) is 13.0 Å².